The molecule has 0 spiro atoms. The van der Waals surface area contributed by atoms with Crippen molar-refractivity contribution in [2.45, 2.75) is 54.1 Å². The molecule has 12 heteroatoms. The van der Waals surface area contributed by atoms with Gasteiger partial charge in [0.1, 0.15) is 6.10 Å². The number of amides is 1. The van der Waals surface area contributed by atoms with Gasteiger partial charge >= 0.3 is 0 Å². The summed E-state index contributed by atoms with van der Waals surface area (Å²) in [6.07, 6.45) is -2.04. The molecule has 3 saturated carbocycles. The van der Waals surface area contributed by atoms with Crippen LogP contribution in [-0.2, 0) is 9.84 Å². The Bertz CT molecular complexity index is 1250. The fraction of sp³-hybridized carbons (Fsp3) is 0.435. The molecule has 35 heavy (non-hydrogen) atoms. The zero-order chi connectivity index (χ0) is 25.9. The zero-order valence-corrected chi connectivity index (χ0v) is 20.0. The van der Waals surface area contributed by atoms with Crippen LogP contribution in [0.2, 0.25) is 5.02 Å². The maximum Gasteiger partial charge on any atom is 0.255 e. The molecule has 5 rings (SSSR count). The van der Waals surface area contributed by atoms with E-state index in [-0.39, 0.29) is 34.0 Å². The maximum atomic E-state index is 13.4. The number of benzene rings is 2. The molecule has 2 aromatic rings. The number of anilines is 1. The first-order chi connectivity index (χ1) is 16.3. The number of sulfone groups is 1. The van der Waals surface area contributed by atoms with Gasteiger partial charge in [0.15, 0.2) is 27.3 Å². The van der Waals surface area contributed by atoms with Crippen LogP contribution < -0.4 is 5.32 Å². The SMILES string of the molecule is C[C@H](O)[C@H](O)[C@]1(O)C2CC1C[C@@H](S(=O)(=O)c1cc(C(=O)Nc3cc(F)c(F)c(F)c3)ccc1Cl)C2. The van der Waals surface area contributed by atoms with E-state index in [1.54, 1.807) is 0 Å². The van der Waals surface area contributed by atoms with E-state index in [0.717, 1.165) is 6.07 Å². The third-order valence-corrected chi connectivity index (χ3v) is 9.74. The normalized spacial score (nSPS) is 27.6. The van der Waals surface area contributed by atoms with Crippen molar-refractivity contribution >= 4 is 33.0 Å². The number of hydrogen-bond donors (Lipinski definition) is 4. The number of fused-ring (bicyclic) bond motifs is 2. The van der Waals surface area contributed by atoms with E-state index in [0.29, 0.717) is 18.6 Å². The predicted octanol–water partition coefficient (Wildman–Crippen LogP) is 3.05. The van der Waals surface area contributed by atoms with Gasteiger partial charge in [-0.2, -0.15) is 0 Å². The van der Waals surface area contributed by atoms with Crippen molar-refractivity contribution in [3.8, 4) is 0 Å². The molecule has 7 nitrogen and oxygen atoms in total. The van der Waals surface area contributed by atoms with Crippen LogP contribution in [0.3, 0.4) is 0 Å². The second-order valence-corrected chi connectivity index (χ2v) is 11.8. The number of nitrogens with one attached hydrogen (secondary N) is 1. The Morgan fingerprint density at radius 3 is 2.20 bits per heavy atom. The van der Waals surface area contributed by atoms with Crippen molar-refractivity contribution < 1.29 is 41.7 Å². The average molecular weight is 534 g/mol. The number of halogens is 4. The number of aliphatic hydroxyl groups is 3. The van der Waals surface area contributed by atoms with Crippen LogP contribution in [0, 0.1) is 29.3 Å². The number of carbonyl (C=O) groups is 1. The van der Waals surface area contributed by atoms with E-state index in [1.165, 1.54) is 19.1 Å². The summed E-state index contributed by atoms with van der Waals surface area (Å²) in [6, 6.07) is 4.64. The Labute approximate surface area is 204 Å². The van der Waals surface area contributed by atoms with E-state index >= 15 is 0 Å². The van der Waals surface area contributed by atoms with Crippen molar-refractivity contribution in [1.82, 2.24) is 0 Å². The van der Waals surface area contributed by atoms with Gasteiger partial charge in [-0.05, 0) is 56.2 Å². The lowest BCUT2D eigenvalue weighted by molar-refractivity contribution is -0.249. The minimum atomic E-state index is -4.08. The summed E-state index contributed by atoms with van der Waals surface area (Å²) in [6.45, 7) is 1.34. The molecular formula is C23H23ClF3NO6S. The maximum absolute atomic E-state index is 13.4. The van der Waals surface area contributed by atoms with Crippen molar-refractivity contribution in [3.05, 3.63) is 58.4 Å². The predicted molar refractivity (Wildman–Crippen MR) is 120 cm³/mol. The molecule has 4 atom stereocenters. The van der Waals surface area contributed by atoms with Crippen molar-refractivity contribution in [2.24, 2.45) is 11.8 Å². The molecule has 2 bridgehead atoms. The Morgan fingerprint density at radius 2 is 1.66 bits per heavy atom. The van der Waals surface area contributed by atoms with Gasteiger partial charge in [0.05, 0.1) is 26.9 Å². The van der Waals surface area contributed by atoms with Gasteiger partial charge in [-0.3, -0.25) is 4.79 Å². The Hall–Kier alpha value is -2.18. The second kappa shape index (κ2) is 9.04. The molecule has 3 fully saturated rings. The van der Waals surface area contributed by atoms with Crippen LogP contribution in [0.4, 0.5) is 18.9 Å². The van der Waals surface area contributed by atoms with Gasteiger partial charge < -0.3 is 20.6 Å². The van der Waals surface area contributed by atoms with Gasteiger partial charge in [-0.25, -0.2) is 21.6 Å². The first kappa shape index (κ1) is 25.9. The minimum absolute atomic E-state index is 0.0278. The van der Waals surface area contributed by atoms with Crippen LogP contribution in [0.15, 0.2) is 35.2 Å². The molecule has 0 aromatic heterocycles. The fourth-order valence-corrected chi connectivity index (χ4v) is 7.59. The molecule has 190 valence electrons. The van der Waals surface area contributed by atoms with Crippen LogP contribution in [-0.4, -0.2) is 52.7 Å². The highest BCUT2D eigenvalue weighted by atomic mass is 35.5. The van der Waals surface area contributed by atoms with E-state index in [1.807, 2.05) is 0 Å². The summed E-state index contributed by atoms with van der Waals surface area (Å²) in [5, 5.41) is 31.9. The molecule has 0 radical (unpaired) electrons. The summed E-state index contributed by atoms with van der Waals surface area (Å²) in [4.78, 5) is 12.3. The van der Waals surface area contributed by atoms with Crippen LogP contribution in [0.1, 0.15) is 36.5 Å². The van der Waals surface area contributed by atoms with Gasteiger partial charge in [-0.15, -0.1) is 0 Å². The van der Waals surface area contributed by atoms with E-state index in [9.17, 15) is 41.7 Å². The highest BCUT2D eigenvalue weighted by molar-refractivity contribution is 7.92. The van der Waals surface area contributed by atoms with Crippen LogP contribution in [0.5, 0.6) is 0 Å². The number of carbonyl (C=O) groups excluding carboxylic acids is 1. The summed E-state index contributed by atoms with van der Waals surface area (Å²) < 4.78 is 66.8. The molecular weight excluding hydrogens is 511 g/mol. The minimum Gasteiger partial charge on any atom is -0.391 e. The van der Waals surface area contributed by atoms with Crippen LogP contribution in [0.25, 0.3) is 0 Å². The number of hydrogen-bond acceptors (Lipinski definition) is 6. The largest absolute Gasteiger partial charge is 0.391 e. The van der Waals surface area contributed by atoms with Crippen molar-refractivity contribution in [3.63, 3.8) is 0 Å². The second-order valence-electron chi connectivity index (χ2n) is 9.19. The zero-order valence-electron chi connectivity index (χ0n) is 18.4. The first-order valence-corrected chi connectivity index (χ1v) is 12.8. The molecule has 1 amide bonds. The monoisotopic (exact) mass is 533 g/mol. The number of rotatable bonds is 6. The molecule has 3 aliphatic carbocycles. The third-order valence-electron chi connectivity index (χ3n) is 7.08. The standard InChI is InChI=1S/C23H23ClF3NO6S/c1-10(29)21(30)23(32)12-5-13(23)7-15(6-12)35(33,34)19-4-11(2-3-16(19)24)22(31)28-14-8-17(25)20(27)18(26)9-14/h2-4,8-10,12-13,15,21,29-30,32H,5-7H2,1H3,(H,28,31)/t10-,12?,13?,15-,21-,23-/m0/s1. The number of aliphatic hydroxyl groups excluding tert-OH is 2. The van der Waals surface area contributed by atoms with E-state index < -0.39 is 68.1 Å². The fourth-order valence-electron chi connectivity index (χ4n) is 5.19. The Morgan fingerprint density at radius 1 is 1.09 bits per heavy atom. The van der Waals surface area contributed by atoms with Crippen LogP contribution >= 0.6 is 11.6 Å². The molecule has 2 unspecified atom stereocenters. The van der Waals surface area contributed by atoms with Gasteiger partial charge in [0.2, 0.25) is 0 Å². The molecule has 2 aromatic carbocycles. The van der Waals surface area contributed by atoms with Crippen molar-refractivity contribution in [1.29, 1.82) is 0 Å². The van der Waals surface area contributed by atoms with Crippen molar-refractivity contribution in [2.75, 3.05) is 5.32 Å². The lowest BCUT2D eigenvalue weighted by Crippen LogP contribution is -2.69. The average Bonchev–Trinajstić information content (AvgIpc) is 2.81. The van der Waals surface area contributed by atoms with Gasteiger partial charge in [0.25, 0.3) is 5.91 Å². The highest BCUT2D eigenvalue weighted by Gasteiger charge is 2.63. The molecule has 0 saturated heterocycles. The summed E-state index contributed by atoms with van der Waals surface area (Å²) in [5.74, 6) is -6.68. The molecule has 4 N–H and O–H groups in total. The highest BCUT2D eigenvalue weighted by Crippen LogP contribution is 2.57. The molecule has 0 heterocycles. The van der Waals surface area contributed by atoms with Gasteiger partial charge in [0, 0.05) is 23.4 Å². The summed E-state index contributed by atoms with van der Waals surface area (Å²) >= 11 is 6.15. The Balaban J connectivity index is 1.57. The molecule has 0 aliphatic heterocycles. The lowest BCUT2D eigenvalue weighted by Gasteiger charge is -2.60. The summed E-state index contributed by atoms with van der Waals surface area (Å²) in [5.41, 5.74) is -2.11. The lowest BCUT2D eigenvalue weighted by atomic mass is 9.51. The quantitative estimate of drug-likeness (QED) is 0.423. The topological polar surface area (TPSA) is 124 Å². The first-order valence-electron chi connectivity index (χ1n) is 10.8. The summed E-state index contributed by atoms with van der Waals surface area (Å²) in [7, 11) is -4.08. The van der Waals surface area contributed by atoms with E-state index in [2.05, 4.69) is 5.32 Å². The van der Waals surface area contributed by atoms with Gasteiger partial charge in [-0.1, -0.05) is 11.6 Å². The van der Waals surface area contributed by atoms with E-state index in [4.69, 9.17) is 11.6 Å². The smallest absolute Gasteiger partial charge is 0.255 e. The Kier molecular flexibility index (Phi) is 6.69. The molecule has 3 aliphatic rings. The third kappa shape index (κ3) is 4.33.